The monoisotopic (exact) mass is 545 g/mol. The van der Waals surface area contributed by atoms with Crippen LogP contribution in [0.3, 0.4) is 0 Å². The molecule has 6 nitrogen and oxygen atoms in total. The van der Waals surface area contributed by atoms with Crippen molar-refractivity contribution in [3.8, 4) is 0 Å². The summed E-state index contributed by atoms with van der Waals surface area (Å²) in [5, 5.41) is -0.692. The lowest BCUT2D eigenvalue weighted by Gasteiger charge is -2.44. The summed E-state index contributed by atoms with van der Waals surface area (Å²) in [7, 11) is -2.43. The van der Waals surface area contributed by atoms with Gasteiger partial charge >= 0.3 is 5.97 Å². The molecule has 202 valence electrons. The summed E-state index contributed by atoms with van der Waals surface area (Å²) in [4.78, 5) is 12.6. The molecule has 0 aliphatic heterocycles. The van der Waals surface area contributed by atoms with Crippen LogP contribution in [0.15, 0.2) is 30.3 Å². The zero-order valence-electron chi connectivity index (χ0n) is 23.7. The minimum absolute atomic E-state index is 0.0350. The molecule has 0 radical (unpaired) electrons. The number of hydrogen-bond donors (Lipinski definition) is 1. The normalized spacial score (nSPS) is 17.9. The minimum atomic E-state index is -2.38. The van der Waals surface area contributed by atoms with Gasteiger partial charge in [0.05, 0.1) is 30.9 Å². The topological polar surface area (TPSA) is 87.7 Å². The fraction of sp³-hybridized carbons (Fsp3) is 0.731. The van der Waals surface area contributed by atoms with Crippen LogP contribution in [0.4, 0.5) is 0 Å². The van der Waals surface area contributed by atoms with Crippen LogP contribution >= 0.6 is 0 Å². The molecule has 0 bridgehead atoms. The highest BCUT2D eigenvalue weighted by molar-refractivity contribution is 7.91. The van der Waals surface area contributed by atoms with E-state index >= 15 is 0 Å². The van der Waals surface area contributed by atoms with E-state index in [0.717, 1.165) is 5.56 Å². The van der Waals surface area contributed by atoms with Crippen molar-refractivity contribution in [2.24, 2.45) is 0 Å². The Kier molecular flexibility index (Phi) is 11.3. The van der Waals surface area contributed by atoms with E-state index in [1.165, 1.54) is 7.11 Å². The molecule has 0 spiro atoms. The molecule has 0 saturated heterocycles. The average molecular weight is 546 g/mol. The molecule has 0 heterocycles. The quantitative estimate of drug-likeness (QED) is 0.232. The Balaban J connectivity index is 3.80. The summed E-state index contributed by atoms with van der Waals surface area (Å²) >= 11 is -1.49. The molecule has 0 amide bonds. The summed E-state index contributed by atoms with van der Waals surface area (Å²) in [6.45, 7) is 22.1. The van der Waals surface area contributed by atoms with Crippen LogP contribution in [0.2, 0.25) is 18.1 Å². The Morgan fingerprint density at radius 1 is 1.06 bits per heavy atom. The number of esters is 1. The molecule has 0 aliphatic rings. The summed E-state index contributed by atoms with van der Waals surface area (Å²) in [6, 6.07) is 8.93. The van der Waals surface area contributed by atoms with Gasteiger partial charge in [0.2, 0.25) is 0 Å². The van der Waals surface area contributed by atoms with Crippen molar-refractivity contribution in [2.45, 2.75) is 114 Å². The van der Waals surface area contributed by atoms with Crippen molar-refractivity contribution in [3.05, 3.63) is 35.9 Å². The van der Waals surface area contributed by atoms with Crippen LogP contribution in [0, 0.1) is 0 Å². The van der Waals surface area contributed by atoms with E-state index in [4.69, 9.17) is 9.16 Å². The number of hydrogen-bond acceptors (Lipinski definition) is 6. The zero-order chi connectivity index (χ0) is 27.4. The fourth-order valence-electron chi connectivity index (χ4n) is 3.17. The van der Waals surface area contributed by atoms with E-state index in [1.54, 1.807) is 0 Å². The third-order valence-corrected chi connectivity index (χ3v) is 14.7. The average Bonchev–Trinajstić information content (AvgIpc) is 2.70. The Morgan fingerprint density at radius 2 is 1.57 bits per heavy atom. The summed E-state index contributed by atoms with van der Waals surface area (Å²) < 4.78 is 41.5. The van der Waals surface area contributed by atoms with Crippen molar-refractivity contribution < 1.29 is 22.7 Å². The van der Waals surface area contributed by atoms with Crippen LogP contribution in [-0.4, -0.2) is 51.8 Å². The van der Waals surface area contributed by atoms with Gasteiger partial charge in [0.25, 0.3) is 0 Å². The second-order valence-electron chi connectivity index (χ2n) is 12.5. The van der Waals surface area contributed by atoms with Gasteiger partial charge in [-0.05, 0) is 65.2 Å². The molecular weight excluding hydrogens is 499 g/mol. The summed E-state index contributed by atoms with van der Waals surface area (Å²) in [5.41, 5.74) is 0.845. The molecule has 3 unspecified atom stereocenters. The Hall–Kier alpha value is -0.713. The number of nitrogens with one attached hydrogen (secondary N) is 1. The van der Waals surface area contributed by atoms with Gasteiger partial charge in [0, 0.05) is 26.9 Å². The summed E-state index contributed by atoms with van der Waals surface area (Å²) in [5.74, 6) is -0.421. The molecule has 5 atom stereocenters. The van der Waals surface area contributed by atoms with Gasteiger partial charge in [-0.1, -0.05) is 51.1 Å². The second-order valence-corrected chi connectivity index (χ2v) is 21.5. The third-order valence-electron chi connectivity index (χ3n) is 6.34. The molecule has 1 N–H and O–H groups in total. The maximum Gasteiger partial charge on any atom is 0.308 e. The van der Waals surface area contributed by atoms with Gasteiger partial charge in [-0.3, -0.25) is 9.00 Å². The highest BCUT2D eigenvalue weighted by Crippen LogP contribution is 2.41. The first kappa shape index (κ1) is 32.3. The van der Waals surface area contributed by atoms with Gasteiger partial charge in [0.1, 0.15) is 4.75 Å². The minimum Gasteiger partial charge on any atom is -0.598 e. The highest BCUT2D eigenvalue weighted by atomic mass is 32.2. The molecule has 1 rings (SSSR count). The maximum atomic E-state index is 14.1. The maximum absolute atomic E-state index is 14.1. The van der Waals surface area contributed by atoms with Crippen molar-refractivity contribution in [3.63, 3.8) is 0 Å². The number of carbonyl (C=O) groups is 1. The predicted molar refractivity (Wildman–Crippen MR) is 151 cm³/mol. The van der Waals surface area contributed by atoms with Crippen LogP contribution in [0.25, 0.3) is 0 Å². The molecule has 1 aromatic carbocycles. The molecule has 0 aliphatic carbocycles. The molecular formula is C26H47NO5S2Si. The Bertz CT molecular complexity index is 844. The summed E-state index contributed by atoms with van der Waals surface area (Å²) in [6.07, 6.45) is -0.724. The SMILES string of the molecule is COC(=O)C[C@H](O[Si](C)(C)C(C)(C)C)C(N[S+]([O-])C(C)(C)C)C(c1ccccc1)[S@@](=O)C(C)(C)C. The van der Waals surface area contributed by atoms with E-state index in [-0.39, 0.29) is 11.5 Å². The van der Waals surface area contributed by atoms with Gasteiger partial charge in [-0.15, -0.1) is 4.72 Å². The first-order chi connectivity index (χ1) is 15.7. The lowest BCUT2D eigenvalue weighted by molar-refractivity contribution is -0.142. The molecule has 0 aromatic heterocycles. The Morgan fingerprint density at radius 3 is 1.97 bits per heavy atom. The Labute approximate surface area is 220 Å². The molecule has 9 heteroatoms. The molecule has 0 fully saturated rings. The zero-order valence-corrected chi connectivity index (χ0v) is 26.3. The molecule has 35 heavy (non-hydrogen) atoms. The second kappa shape index (κ2) is 12.2. The van der Waals surface area contributed by atoms with E-state index in [0.29, 0.717) is 0 Å². The van der Waals surface area contributed by atoms with Crippen LogP contribution < -0.4 is 4.72 Å². The van der Waals surface area contributed by atoms with Gasteiger partial charge < -0.3 is 13.7 Å². The third kappa shape index (κ3) is 9.27. The van der Waals surface area contributed by atoms with Crippen molar-refractivity contribution in [1.82, 2.24) is 4.72 Å². The predicted octanol–water partition coefficient (Wildman–Crippen LogP) is 5.65. The fourth-order valence-corrected chi connectivity index (χ4v) is 7.16. The standard InChI is InChI=1S/C26H47NO5S2Si/c1-24(2,3)33(29)23(19-16-14-13-15-17-19)22(27-34(30)25(4,5)6)20(18-21(28)31-10)32-35(11,12)26(7,8)9/h13-17,20,22-23,27H,18H2,1-12H3/t20-,22?,23?,33+,34?/m0/s1. The van der Waals surface area contributed by atoms with E-state index in [1.807, 2.05) is 71.9 Å². The van der Waals surface area contributed by atoms with Crippen molar-refractivity contribution in [1.29, 1.82) is 0 Å². The van der Waals surface area contributed by atoms with Gasteiger partial charge in [-0.25, -0.2) is 0 Å². The molecule has 0 saturated carbocycles. The number of ether oxygens (including phenoxy) is 1. The number of benzene rings is 1. The lowest BCUT2D eigenvalue weighted by atomic mass is 9.99. The van der Waals surface area contributed by atoms with E-state index in [2.05, 4.69) is 38.6 Å². The van der Waals surface area contributed by atoms with Crippen LogP contribution in [0.1, 0.15) is 79.5 Å². The smallest absolute Gasteiger partial charge is 0.308 e. The van der Waals surface area contributed by atoms with Crippen LogP contribution in [-0.2, 0) is 36.1 Å². The van der Waals surface area contributed by atoms with Crippen LogP contribution in [0.5, 0.6) is 0 Å². The largest absolute Gasteiger partial charge is 0.598 e. The number of carbonyl (C=O) groups excluding carboxylic acids is 1. The molecule has 1 aromatic rings. The van der Waals surface area contributed by atoms with E-state index < -0.39 is 63.3 Å². The first-order valence-electron chi connectivity index (χ1n) is 12.1. The number of methoxy groups -OCH3 is 1. The van der Waals surface area contributed by atoms with Gasteiger partial charge in [-0.2, -0.15) is 0 Å². The van der Waals surface area contributed by atoms with Crippen molar-refractivity contribution >= 4 is 36.4 Å². The van der Waals surface area contributed by atoms with Gasteiger partial charge in [0.15, 0.2) is 8.32 Å². The lowest BCUT2D eigenvalue weighted by Crippen LogP contribution is -2.58. The highest BCUT2D eigenvalue weighted by Gasteiger charge is 2.48. The first-order valence-corrected chi connectivity index (χ1v) is 17.4. The van der Waals surface area contributed by atoms with Crippen molar-refractivity contribution in [2.75, 3.05) is 7.11 Å². The number of rotatable bonds is 10. The van der Waals surface area contributed by atoms with E-state index in [9.17, 15) is 13.6 Å².